The SMILES string of the molecule is CC(C)N(C(=O)CN1C(=O)C2CC=CCC2C1=O)c1ccccc1. The van der Waals surface area contributed by atoms with Gasteiger partial charge in [0.05, 0.1) is 11.8 Å². The highest BCUT2D eigenvalue weighted by atomic mass is 16.2. The Hall–Kier alpha value is -2.43. The van der Waals surface area contributed by atoms with E-state index in [1.807, 2.05) is 56.3 Å². The molecule has 2 unspecified atom stereocenters. The van der Waals surface area contributed by atoms with Crippen LogP contribution in [0.3, 0.4) is 0 Å². The van der Waals surface area contributed by atoms with Gasteiger partial charge in [-0.05, 0) is 38.8 Å². The third kappa shape index (κ3) is 2.86. The first kappa shape index (κ1) is 16.4. The summed E-state index contributed by atoms with van der Waals surface area (Å²) in [4.78, 5) is 40.6. The highest BCUT2D eigenvalue weighted by Crippen LogP contribution is 2.35. The molecule has 3 amide bonds. The Labute approximate surface area is 141 Å². The molecule has 1 aromatic carbocycles. The number of carbonyl (C=O) groups excluding carboxylic acids is 3. The average Bonchev–Trinajstić information content (AvgIpc) is 2.81. The van der Waals surface area contributed by atoms with Crippen LogP contribution in [0.15, 0.2) is 42.5 Å². The standard InChI is InChI=1S/C19H22N2O3/c1-13(2)21(14-8-4-3-5-9-14)17(22)12-20-18(23)15-10-6-7-11-16(15)19(20)24/h3-9,13,15-16H,10-12H2,1-2H3. The number of imide groups is 1. The topological polar surface area (TPSA) is 57.7 Å². The van der Waals surface area contributed by atoms with Crippen LogP contribution in [0.25, 0.3) is 0 Å². The van der Waals surface area contributed by atoms with Crippen molar-refractivity contribution in [1.29, 1.82) is 0 Å². The third-order valence-corrected chi connectivity index (χ3v) is 4.71. The second kappa shape index (κ2) is 6.59. The predicted molar refractivity (Wildman–Crippen MR) is 91.1 cm³/mol. The van der Waals surface area contributed by atoms with Crippen LogP contribution in [0.2, 0.25) is 0 Å². The number of hydrogen-bond acceptors (Lipinski definition) is 3. The molecule has 126 valence electrons. The average molecular weight is 326 g/mol. The molecule has 2 atom stereocenters. The third-order valence-electron chi connectivity index (χ3n) is 4.71. The first-order chi connectivity index (χ1) is 11.5. The highest BCUT2D eigenvalue weighted by molar-refractivity contribution is 6.09. The summed E-state index contributed by atoms with van der Waals surface area (Å²) in [7, 11) is 0. The zero-order valence-electron chi connectivity index (χ0n) is 14.0. The Balaban J connectivity index is 1.78. The van der Waals surface area contributed by atoms with Crippen molar-refractivity contribution in [2.24, 2.45) is 11.8 Å². The van der Waals surface area contributed by atoms with Gasteiger partial charge in [0.1, 0.15) is 6.54 Å². The minimum atomic E-state index is -0.292. The van der Waals surface area contributed by atoms with Gasteiger partial charge in [-0.3, -0.25) is 19.3 Å². The van der Waals surface area contributed by atoms with Crippen molar-refractivity contribution >= 4 is 23.4 Å². The molecule has 0 spiro atoms. The minimum Gasteiger partial charge on any atom is -0.308 e. The van der Waals surface area contributed by atoms with Gasteiger partial charge in [-0.1, -0.05) is 30.4 Å². The van der Waals surface area contributed by atoms with Crippen molar-refractivity contribution in [3.05, 3.63) is 42.5 Å². The molecule has 1 saturated heterocycles. The normalized spacial score (nSPS) is 22.9. The van der Waals surface area contributed by atoms with E-state index in [2.05, 4.69) is 0 Å². The molecule has 0 aromatic heterocycles. The summed E-state index contributed by atoms with van der Waals surface area (Å²) in [6.07, 6.45) is 5.07. The van der Waals surface area contributed by atoms with E-state index < -0.39 is 0 Å². The van der Waals surface area contributed by atoms with E-state index in [9.17, 15) is 14.4 Å². The van der Waals surface area contributed by atoms with E-state index in [4.69, 9.17) is 0 Å². The Kier molecular flexibility index (Phi) is 4.51. The minimum absolute atomic E-state index is 0.0587. The number of hydrogen-bond donors (Lipinski definition) is 0. The molecule has 0 N–H and O–H groups in total. The Morgan fingerprint density at radius 1 is 1.08 bits per heavy atom. The summed E-state index contributed by atoms with van der Waals surface area (Å²) >= 11 is 0. The lowest BCUT2D eigenvalue weighted by Gasteiger charge is -2.28. The molecule has 0 saturated carbocycles. The maximum atomic E-state index is 12.8. The quantitative estimate of drug-likeness (QED) is 0.630. The molecule has 1 heterocycles. The summed E-state index contributed by atoms with van der Waals surface area (Å²) in [5.74, 6) is -1.23. The number of benzene rings is 1. The number of carbonyl (C=O) groups is 3. The smallest absolute Gasteiger partial charge is 0.247 e. The molecule has 2 aliphatic rings. The maximum absolute atomic E-state index is 12.8. The van der Waals surface area contributed by atoms with Crippen molar-refractivity contribution in [2.75, 3.05) is 11.4 Å². The Morgan fingerprint density at radius 2 is 1.62 bits per heavy atom. The number of fused-ring (bicyclic) bond motifs is 1. The highest BCUT2D eigenvalue weighted by Gasteiger charge is 2.48. The number of nitrogens with zero attached hydrogens (tertiary/aromatic N) is 2. The monoisotopic (exact) mass is 326 g/mol. The lowest BCUT2D eigenvalue weighted by atomic mass is 9.85. The summed E-state index contributed by atoms with van der Waals surface area (Å²) < 4.78 is 0. The van der Waals surface area contributed by atoms with Crippen LogP contribution < -0.4 is 4.90 Å². The number of likely N-dealkylation sites (tertiary alicyclic amines) is 1. The van der Waals surface area contributed by atoms with Crippen LogP contribution in [0.4, 0.5) is 5.69 Å². The van der Waals surface area contributed by atoms with Crippen LogP contribution in [0, 0.1) is 11.8 Å². The molecule has 3 rings (SSSR count). The fraction of sp³-hybridized carbons (Fsp3) is 0.421. The molecule has 5 nitrogen and oxygen atoms in total. The molecule has 1 aromatic rings. The van der Waals surface area contributed by atoms with E-state index in [1.54, 1.807) is 4.90 Å². The molecule has 1 aliphatic carbocycles. The lowest BCUT2D eigenvalue weighted by Crippen LogP contribution is -2.46. The molecule has 1 aliphatic heterocycles. The molecule has 0 radical (unpaired) electrons. The van der Waals surface area contributed by atoms with Crippen LogP contribution in [0.1, 0.15) is 26.7 Å². The molecule has 24 heavy (non-hydrogen) atoms. The van der Waals surface area contributed by atoms with E-state index in [1.165, 1.54) is 0 Å². The number of amides is 3. The number of rotatable bonds is 4. The fourth-order valence-electron chi connectivity index (χ4n) is 3.55. The van der Waals surface area contributed by atoms with Crippen molar-refractivity contribution in [1.82, 2.24) is 4.90 Å². The van der Waals surface area contributed by atoms with E-state index in [0.29, 0.717) is 12.8 Å². The van der Waals surface area contributed by atoms with Crippen LogP contribution in [-0.4, -0.2) is 35.2 Å². The Morgan fingerprint density at radius 3 is 2.12 bits per heavy atom. The van der Waals surface area contributed by atoms with Crippen LogP contribution in [0.5, 0.6) is 0 Å². The van der Waals surface area contributed by atoms with Gasteiger partial charge < -0.3 is 4.90 Å². The predicted octanol–water partition coefficient (Wildman–Crippen LogP) is 2.38. The number of para-hydroxylation sites is 1. The summed E-state index contributed by atoms with van der Waals surface area (Å²) in [5.41, 5.74) is 0.774. The van der Waals surface area contributed by atoms with Crippen molar-refractivity contribution in [2.45, 2.75) is 32.7 Å². The van der Waals surface area contributed by atoms with Gasteiger partial charge in [0.2, 0.25) is 17.7 Å². The van der Waals surface area contributed by atoms with Gasteiger partial charge in [-0.15, -0.1) is 0 Å². The van der Waals surface area contributed by atoms with Crippen molar-refractivity contribution < 1.29 is 14.4 Å². The first-order valence-corrected chi connectivity index (χ1v) is 8.38. The molecule has 0 bridgehead atoms. The van der Waals surface area contributed by atoms with Gasteiger partial charge in [0.25, 0.3) is 0 Å². The van der Waals surface area contributed by atoms with Gasteiger partial charge in [0.15, 0.2) is 0 Å². The fourth-order valence-corrected chi connectivity index (χ4v) is 3.55. The molecular formula is C19H22N2O3. The van der Waals surface area contributed by atoms with E-state index >= 15 is 0 Å². The number of anilines is 1. The van der Waals surface area contributed by atoms with Crippen LogP contribution in [-0.2, 0) is 14.4 Å². The largest absolute Gasteiger partial charge is 0.308 e. The molecule has 5 heteroatoms. The second-order valence-corrected chi connectivity index (χ2v) is 6.61. The second-order valence-electron chi connectivity index (χ2n) is 6.61. The van der Waals surface area contributed by atoms with E-state index in [0.717, 1.165) is 10.6 Å². The summed E-state index contributed by atoms with van der Waals surface area (Å²) in [6, 6.07) is 9.27. The first-order valence-electron chi connectivity index (χ1n) is 8.38. The van der Waals surface area contributed by atoms with Gasteiger partial charge >= 0.3 is 0 Å². The summed E-state index contributed by atoms with van der Waals surface area (Å²) in [6.45, 7) is 3.65. The maximum Gasteiger partial charge on any atom is 0.247 e. The van der Waals surface area contributed by atoms with Crippen molar-refractivity contribution in [3.8, 4) is 0 Å². The lowest BCUT2D eigenvalue weighted by molar-refractivity contribution is -0.143. The summed E-state index contributed by atoms with van der Waals surface area (Å²) in [5, 5.41) is 0. The molecule has 1 fully saturated rings. The van der Waals surface area contributed by atoms with Gasteiger partial charge in [-0.25, -0.2) is 0 Å². The van der Waals surface area contributed by atoms with E-state index in [-0.39, 0.29) is 42.1 Å². The van der Waals surface area contributed by atoms with Crippen LogP contribution >= 0.6 is 0 Å². The van der Waals surface area contributed by atoms with Gasteiger partial charge in [0, 0.05) is 11.7 Å². The Bertz CT molecular complexity index is 655. The zero-order chi connectivity index (χ0) is 17.3. The number of allylic oxidation sites excluding steroid dienone is 2. The van der Waals surface area contributed by atoms with Crippen molar-refractivity contribution in [3.63, 3.8) is 0 Å². The zero-order valence-corrected chi connectivity index (χ0v) is 14.0. The van der Waals surface area contributed by atoms with Gasteiger partial charge in [-0.2, -0.15) is 0 Å². The molecular weight excluding hydrogens is 304 g/mol.